The quantitative estimate of drug-likeness (QED) is 0.613. The minimum Gasteiger partial charge on any atom is -0.383 e. The third-order valence-corrected chi connectivity index (χ3v) is 5.98. The standard InChI is InChI=1S/C23H26N6O2/c1-13(2)29-21(25)17(12-24)20(27-29)16-7-5-15(6-8-16)14(3)22(30)26-19-11-18(31-28-19)23(4)9-10-23/h5-8,11,13-14H,9-10,25H2,1-4H3,(H,26,28,30). The van der Waals surface area contributed by atoms with Crippen LogP contribution in [0, 0.1) is 11.3 Å². The number of amides is 1. The van der Waals surface area contributed by atoms with Crippen LogP contribution >= 0.6 is 0 Å². The number of hydrogen-bond acceptors (Lipinski definition) is 6. The van der Waals surface area contributed by atoms with Crippen LogP contribution in [0.3, 0.4) is 0 Å². The molecule has 1 amide bonds. The molecule has 1 aromatic carbocycles. The molecule has 3 aromatic rings. The van der Waals surface area contributed by atoms with Crippen molar-refractivity contribution in [3.63, 3.8) is 0 Å². The van der Waals surface area contributed by atoms with E-state index in [4.69, 9.17) is 10.3 Å². The number of carbonyl (C=O) groups is 1. The summed E-state index contributed by atoms with van der Waals surface area (Å²) in [4.78, 5) is 12.7. The predicted molar refractivity (Wildman–Crippen MR) is 117 cm³/mol. The Bertz CT molecular complexity index is 1160. The van der Waals surface area contributed by atoms with E-state index in [2.05, 4.69) is 28.6 Å². The highest BCUT2D eigenvalue weighted by atomic mass is 16.5. The lowest BCUT2D eigenvalue weighted by Gasteiger charge is -2.11. The number of aromatic nitrogens is 3. The number of nitrogen functional groups attached to an aromatic ring is 1. The fourth-order valence-corrected chi connectivity index (χ4v) is 3.52. The van der Waals surface area contributed by atoms with Gasteiger partial charge in [-0.2, -0.15) is 10.4 Å². The molecule has 1 aliphatic carbocycles. The van der Waals surface area contributed by atoms with Gasteiger partial charge >= 0.3 is 0 Å². The van der Waals surface area contributed by atoms with Crippen LogP contribution in [-0.4, -0.2) is 20.8 Å². The van der Waals surface area contributed by atoms with Crippen LogP contribution in [0.25, 0.3) is 11.3 Å². The number of rotatable bonds is 6. The largest absolute Gasteiger partial charge is 0.383 e. The maximum atomic E-state index is 12.7. The first-order chi connectivity index (χ1) is 14.7. The maximum Gasteiger partial charge on any atom is 0.232 e. The molecule has 31 heavy (non-hydrogen) atoms. The van der Waals surface area contributed by atoms with Gasteiger partial charge in [0.1, 0.15) is 28.9 Å². The Hall–Kier alpha value is -3.60. The first-order valence-electron chi connectivity index (χ1n) is 10.4. The minimum atomic E-state index is -0.389. The normalized spacial score (nSPS) is 15.5. The number of nitriles is 1. The van der Waals surface area contributed by atoms with Gasteiger partial charge in [0, 0.05) is 23.1 Å². The van der Waals surface area contributed by atoms with E-state index in [1.807, 2.05) is 45.0 Å². The molecule has 0 saturated heterocycles. The second kappa shape index (κ2) is 7.58. The van der Waals surface area contributed by atoms with Crippen LogP contribution in [0.5, 0.6) is 0 Å². The van der Waals surface area contributed by atoms with Gasteiger partial charge in [0.05, 0.1) is 5.92 Å². The van der Waals surface area contributed by atoms with Crippen molar-refractivity contribution in [2.45, 2.75) is 57.9 Å². The summed E-state index contributed by atoms with van der Waals surface area (Å²) in [6.45, 7) is 7.87. The zero-order valence-corrected chi connectivity index (χ0v) is 18.1. The maximum absolute atomic E-state index is 12.7. The molecule has 3 N–H and O–H groups in total. The molecule has 1 unspecified atom stereocenters. The van der Waals surface area contributed by atoms with Crippen molar-refractivity contribution < 1.29 is 9.32 Å². The van der Waals surface area contributed by atoms with E-state index >= 15 is 0 Å². The number of nitrogens with two attached hydrogens (primary N) is 1. The smallest absolute Gasteiger partial charge is 0.232 e. The molecule has 1 saturated carbocycles. The Balaban J connectivity index is 1.50. The Morgan fingerprint density at radius 1 is 1.29 bits per heavy atom. The van der Waals surface area contributed by atoms with Crippen LogP contribution in [0.15, 0.2) is 34.9 Å². The second-order valence-corrected chi connectivity index (χ2v) is 8.73. The third kappa shape index (κ3) is 3.79. The summed E-state index contributed by atoms with van der Waals surface area (Å²) < 4.78 is 7.03. The summed E-state index contributed by atoms with van der Waals surface area (Å²) >= 11 is 0. The average molecular weight is 419 g/mol. The van der Waals surface area contributed by atoms with Gasteiger partial charge in [0.15, 0.2) is 5.82 Å². The average Bonchev–Trinajstić information content (AvgIpc) is 3.18. The first-order valence-corrected chi connectivity index (χ1v) is 10.4. The fourth-order valence-electron chi connectivity index (χ4n) is 3.52. The molecule has 1 fully saturated rings. The first kappa shape index (κ1) is 20.7. The lowest BCUT2D eigenvalue weighted by Crippen LogP contribution is -2.19. The van der Waals surface area contributed by atoms with E-state index in [9.17, 15) is 10.1 Å². The third-order valence-electron chi connectivity index (χ3n) is 5.98. The monoisotopic (exact) mass is 418 g/mol. The number of benzene rings is 1. The second-order valence-electron chi connectivity index (χ2n) is 8.73. The van der Waals surface area contributed by atoms with E-state index in [0.717, 1.165) is 29.7 Å². The summed E-state index contributed by atoms with van der Waals surface area (Å²) in [6.07, 6.45) is 2.15. The van der Waals surface area contributed by atoms with E-state index < -0.39 is 0 Å². The lowest BCUT2D eigenvalue weighted by atomic mass is 9.97. The van der Waals surface area contributed by atoms with Gasteiger partial charge < -0.3 is 15.6 Å². The van der Waals surface area contributed by atoms with Crippen molar-refractivity contribution in [3.05, 3.63) is 47.2 Å². The van der Waals surface area contributed by atoms with Gasteiger partial charge in [0.25, 0.3) is 0 Å². The Kier molecular flexibility index (Phi) is 5.05. The summed E-state index contributed by atoms with van der Waals surface area (Å²) in [5, 5.41) is 20.8. The fraction of sp³-hybridized carbons (Fsp3) is 0.391. The minimum absolute atomic E-state index is 0.0448. The van der Waals surface area contributed by atoms with Crippen LogP contribution in [0.2, 0.25) is 0 Å². The van der Waals surface area contributed by atoms with Gasteiger partial charge in [-0.1, -0.05) is 36.3 Å². The van der Waals surface area contributed by atoms with E-state index in [0.29, 0.717) is 22.9 Å². The zero-order valence-electron chi connectivity index (χ0n) is 18.1. The number of carbonyl (C=O) groups excluding carboxylic acids is 1. The molecule has 4 rings (SSSR count). The van der Waals surface area contributed by atoms with Crippen molar-refractivity contribution in [1.29, 1.82) is 5.26 Å². The van der Waals surface area contributed by atoms with Crippen molar-refractivity contribution in [1.82, 2.24) is 14.9 Å². The van der Waals surface area contributed by atoms with Crippen molar-refractivity contribution in [2.24, 2.45) is 0 Å². The molecule has 0 spiro atoms. The lowest BCUT2D eigenvalue weighted by molar-refractivity contribution is -0.117. The molecule has 160 valence electrons. The molecule has 8 nitrogen and oxygen atoms in total. The Morgan fingerprint density at radius 3 is 2.55 bits per heavy atom. The SMILES string of the molecule is CC(C(=O)Nc1cc(C2(C)CC2)on1)c1ccc(-c2nn(C(C)C)c(N)c2C#N)cc1. The molecule has 1 atom stereocenters. The summed E-state index contributed by atoms with van der Waals surface area (Å²) in [7, 11) is 0. The highest BCUT2D eigenvalue weighted by molar-refractivity contribution is 5.95. The van der Waals surface area contributed by atoms with Crippen LogP contribution in [-0.2, 0) is 10.2 Å². The number of nitrogens with zero attached hydrogens (tertiary/aromatic N) is 4. The topological polar surface area (TPSA) is 123 Å². The number of nitrogens with one attached hydrogen (secondary N) is 1. The van der Waals surface area contributed by atoms with E-state index in [1.165, 1.54) is 0 Å². The molecule has 1 aliphatic rings. The molecular formula is C23H26N6O2. The van der Waals surface area contributed by atoms with E-state index in [-0.39, 0.29) is 23.3 Å². The van der Waals surface area contributed by atoms with Crippen molar-refractivity contribution in [2.75, 3.05) is 11.1 Å². The molecule has 2 aromatic heterocycles. The molecule has 0 radical (unpaired) electrons. The van der Waals surface area contributed by atoms with Gasteiger partial charge in [0.2, 0.25) is 5.91 Å². The van der Waals surface area contributed by atoms with E-state index in [1.54, 1.807) is 10.7 Å². The molecule has 8 heteroatoms. The summed E-state index contributed by atoms with van der Waals surface area (Å²) in [5.41, 5.74) is 8.67. The van der Waals surface area contributed by atoms with Gasteiger partial charge in [-0.05, 0) is 39.2 Å². The Labute approximate surface area is 181 Å². The molecular weight excluding hydrogens is 392 g/mol. The Morgan fingerprint density at radius 2 is 1.97 bits per heavy atom. The molecule has 0 bridgehead atoms. The van der Waals surface area contributed by atoms with Gasteiger partial charge in [-0.25, -0.2) is 4.68 Å². The summed E-state index contributed by atoms with van der Waals surface area (Å²) in [6, 6.07) is 11.4. The predicted octanol–water partition coefficient (Wildman–Crippen LogP) is 4.37. The molecule has 0 aliphatic heterocycles. The van der Waals surface area contributed by atoms with Gasteiger partial charge in [-0.3, -0.25) is 4.79 Å². The van der Waals surface area contributed by atoms with Crippen LogP contribution in [0.4, 0.5) is 11.6 Å². The molecule has 2 heterocycles. The van der Waals surface area contributed by atoms with Crippen molar-refractivity contribution in [3.8, 4) is 17.3 Å². The van der Waals surface area contributed by atoms with Crippen LogP contribution < -0.4 is 11.1 Å². The number of hydrogen-bond donors (Lipinski definition) is 2. The highest BCUT2D eigenvalue weighted by Gasteiger charge is 2.43. The van der Waals surface area contributed by atoms with Gasteiger partial charge in [-0.15, -0.1) is 0 Å². The summed E-state index contributed by atoms with van der Waals surface area (Å²) in [5.74, 6) is 1.05. The number of anilines is 2. The zero-order chi connectivity index (χ0) is 22.3. The van der Waals surface area contributed by atoms with Crippen LogP contribution in [0.1, 0.15) is 69.4 Å². The van der Waals surface area contributed by atoms with Crippen molar-refractivity contribution >= 4 is 17.5 Å². The highest BCUT2D eigenvalue weighted by Crippen LogP contribution is 2.48.